The van der Waals surface area contributed by atoms with Crippen molar-refractivity contribution in [2.75, 3.05) is 13.1 Å². The van der Waals surface area contributed by atoms with E-state index in [9.17, 15) is 18.4 Å². The largest absolute Gasteiger partial charge is 0.352 e. The Labute approximate surface area is 189 Å². The smallest absolute Gasteiger partial charge is 0.224 e. The highest BCUT2D eigenvalue weighted by molar-refractivity contribution is 9.10. The van der Waals surface area contributed by atoms with Crippen LogP contribution in [0.15, 0.2) is 22.7 Å². The van der Waals surface area contributed by atoms with E-state index in [1.54, 1.807) is 12.1 Å². The Morgan fingerprint density at radius 2 is 1.84 bits per heavy atom. The Kier molecular flexibility index (Phi) is 5.57. The van der Waals surface area contributed by atoms with Gasteiger partial charge in [0.2, 0.25) is 11.8 Å². The molecule has 6 atom stereocenters. The summed E-state index contributed by atoms with van der Waals surface area (Å²) in [6.07, 6.45) is 3.49. The summed E-state index contributed by atoms with van der Waals surface area (Å²) in [6, 6.07) is 4.26. The predicted molar refractivity (Wildman–Crippen MR) is 115 cm³/mol. The van der Waals surface area contributed by atoms with Gasteiger partial charge in [0.05, 0.1) is 17.9 Å². The quantitative estimate of drug-likeness (QED) is 0.587. The van der Waals surface area contributed by atoms with Gasteiger partial charge >= 0.3 is 0 Å². The van der Waals surface area contributed by atoms with Gasteiger partial charge in [0.25, 0.3) is 0 Å². The topological polar surface area (TPSA) is 70.2 Å². The van der Waals surface area contributed by atoms with Crippen LogP contribution in [0.2, 0.25) is 0 Å². The van der Waals surface area contributed by atoms with E-state index in [1.807, 2.05) is 0 Å². The zero-order valence-corrected chi connectivity index (χ0v) is 18.9. The average Bonchev–Trinajstić information content (AvgIpc) is 3.41. The van der Waals surface area contributed by atoms with E-state index < -0.39 is 24.0 Å². The fraction of sp³-hybridized carbons (Fsp3) is 0.652. The molecule has 1 aromatic carbocycles. The van der Waals surface area contributed by atoms with E-state index in [2.05, 4.69) is 31.9 Å². The number of carbonyl (C=O) groups excluding carboxylic acids is 2. The Hall–Kier alpha value is -1.54. The van der Waals surface area contributed by atoms with Crippen molar-refractivity contribution in [3.8, 4) is 0 Å². The Bertz CT molecular complexity index is 894. The molecule has 4 aliphatic rings. The van der Waals surface area contributed by atoms with Crippen LogP contribution in [0.3, 0.4) is 0 Å². The summed E-state index contributed by atoms with van der Waals surface area (Å²) < 4.78 is 29.1. The highest BCUT2D eigenvalue weighted by Crippen LogP contribution is 2.74. The molecule has 31 heavy (non-hydrogen) atoms. The van der Waals surface area contributed by atoms with Gasteiger partial charge in [0.15, 0.2) is 0 Å². The molecule has 0 aromatic heterocycles. The molecule has 0 radical (unpaired) electrons. The van der Waals surface area contributed by atoms with Gasteiger partial charge in [-0.1, -0.05) is 22.0 Å². The van der Waals surface area contributed by atoms with E-state index >= 15 is 0 Å². The van der Waals surface area contributed by atoms with Crippen molar-refractivity contribution in [2.24, 2.45) is 29.1 Å². The number of hydrogen-bond acceptors (Lipinski definition) is 3. The maximum Gasteiger partial charge on any atom is 0.224 e. The summed E-state index contributed by atoms with van der Waals surface area (Å²) in [5.41, 5.74) is 0.521. The van der Waals surface area contributed by atoms with Crippen LogP contribution >= 0.6 is 15.9 Å². The summed E-state index contributed by atoms with van der Waals surface area (Å²) in [4.78, 5) is 26.6. The lowest BCUT2D eigenvalue weighted by Crippen LogP contribution is -2.54. The number of benzene rings is 1. The minimum Gasteiger partial charge on any atom is -0.352 e. The summed E-state index contributed by atoms with van der Waals surface area (Å²) in [7, 11) is 0. The number of hydrogen-bond donors (Lipinski definition) is 3. The van der Waals surface area contributed by atoms with Crippen molar-refractivity contribution in [3.05, 3.63) is 34.1 Å². The number of carbonyl (C=O) groups is 2. The second-order valence-electron chi connectivity index (χ2n) is 9.65. The molecule has 1 aliphatic heterocycles. The SMILES string of the molecule is O=C(NCc1ccc(Br)cc1F)[C@H]1[C@H](C(=O)NC2CCNCC2F)[C@H]2CC[C@H]1C21CC1. The minimum atomic E-state index is -1.11. The van der Waals surface area contributed by atoms with E-state index in [1.165, 1.54) is 6.07 Å². The first kappa shape index (κ1) is 21.3. The first-order valence-electron chi connectivity index (χ1n) is 11.3. The third-order valence-electron chi connectivity index (χ3n) is 8.16. The second kappa shape index (κ2) is 8.10. The Balaban J connectivity index is 1.32. The highest BCUT2D eigenvalue weighted by Gasteiger charge is 2.71. The van der Waals surface area contributed by atoms with Crippen molar-refractivity contribution in [1.82, 2.24) is 16.0 Å². The van der Waals surface area contributed by atoms with Gasteiger partial charge in [-0.2, -0.15) is 0 Å². The molecule has 1 saturated heterocycles. The van der Waals surface area contributed by atoms with Crippen LogP contribution in [-0.4, -0.2) is 37.1 Å². The third kappa shape index (κ3) is 3.69. The van der Waals surface area contributed by atoms with Crippen LogP contribution in [0.4, 0.5) is 8.78 Å². The lowest BCUT2D eigenvalue weighted by atomic mass is 9.78. The average molecular weight is 496 g/mol. The summed E-state index contributed by atoms with van der Waals surface area (Å²) in [6.45, 7) is 1.01. The van der Waals surface area contributed by atoms with E-state index in [0.29, 0.717) is 23.0 Å². The second-order valence-corrected chi connectivity index (χ2v) is 10.6. The van der Waals surface area contributed by atoms with Gasteiger partial charge < -0.3 is 16.0 Å². The minimum absolute atomic E-state index is 0.0913. The fourth-order valence-electron chi connectivity index (χ4n) is 6.59. The van der Waals surface area contributed by atoms with Crippen molar-refractivity contribution in [3.63, 3.8) is 0 Å². The number of alkyl halides is 1. The number of nitrogens with one attached hydrogen (secondary N) is 3. The molecule has 3 aliphatic carbocycles. The molecule has 2 unspecified atom stereocenters. The molecule has 3 N–H and O–H groups in total. The maximum absolute atomic E-state index is 14.3. The number of piperidine rings is 1. The van der Waals surface area contributed by atoms with Gasteiger partial charge in [0, 0.05) is 23.1 Å². The fourth-order valence-corrected chi connectivity index (χ4v) is 6.92. The van der Waals surface area contributed by atoms with Crippen molar-refractivity contribution < 1.29 is 18.4 Å². The van der Waals surface area contributed by atoms with Gasteiger partial charge in [-0.25, -0.2) is 8.78 Å². The van der Waals surface area contributed by atoms with Crippen molar-refractivity contribution in [2.45, 2.75) is 50.9 Å². The zero-order valence-electron chi connectivity index (χ0n) is 17.3. The van der Waals surface area contributed by atoms with Crippen LogP contribution < -0.4 is 16.0 Å². The Morgan fingerprint density at radius 1 is 1.13 bits per heavy atom. The molecule has 1 aromatic rings. The molecule has 8 heteroatoms. The van der Waals surface area contributed by atoms with Gasteiger partial charge in [-0.3, -0.25) is 9.59 Å². The van der Waals surface area contributed by atoms with E-state index in [4.69, 9.17) is 0 Å². The summed E-state index contributed by atoms with van der Waals surface area (Å²) in [5, 5.41) is 8.83. The number of amides is 2. The lowest BCUT2D eigenvalue weighted by molar-refractivity contribution is -0.138. The molecule has 1 heterocycles. The monoisotopic (exact) mass is 495 g/mol. The Morgan fingerprint density at radius 3 is 2.48 bits per heavy atom. The first-order valence-corrected chi connectivity index (χ1v) is 12.1. The molecule has 1 spiro atoms. The van der Waals surface area contributed by atoms with Crippen LogP contribution in [-0.2, 0) is 16.1 Å². The predicted octanol–water partition coefficient (Wildman–Crippen LogP) is 3.07. The standard InChI is InChI=1S/C23H28BrF2N3O2/c24-13-2-1-12(16(25)9-13)10-28-21(30)19-14-3-4-15(23(14)6-7-23)20(19)22(31)29-18-5-8-27-11-17(18)26/h1-2,9,14-15,17-20,27H,3-8,10-11H2,(H,28,30)(H,29,31)/t14-,15-,17?,18?,19-,20-/m1/s1. The third-order valence-corrected chi connectivity index (χ3v) is 8.65. The molecule has 5 nitrogen and oxygen atoms in total. The molecule has 5 rings (SSSR count). The van der Waals surface area contributed by atoms with Crippen LogP contribution in [0.25, 0.3) is 0 Å². The van der Waals surface area contributed by atoms with E-state index in [0.717, 1.165) is 25.7 Å². The molecule has 3 saturated carbocycles. The van der Waals surface area contributed by atoms with Crippen LogP contribution in [0, 0.1) is 34.9 Å². The number of rotatable bonds is 5. The maximum atomic E-state index is 14.3. The van der Waals surface area contributed by atoms with Gasteiger partial charge in [0.1, 0.15) is 12.0 Å². The van der Waals surface area contributed by atoms with Crippen LogP contribution in [0.1, 0.15) is 37.7 Å². The molecule has 168 valence electrons. The normalized spacial score (nSPS) is 35.2. The molecule has 4 fully saturated rings. The molecular weight excluding hydrogens is 468 g/mol. The summed E-state index contributed by atoms with van der Waals surface area (Å²) in [5.74, 6) is -1.19. The van der Waals surface area contributed by atoms with Crippen molar-refractivity contribution >= 4 is 27.7 Å². The van der Waals surface area contributed by atoms with E-state index in [-0.39, 0.29) is 48.0 Å². The molecule has 2 bridgehead atoms. The lowest BCUT2D eigenvalue weighted by Gasteiger charge is -2.33. The first-order chi connectivity index (χ1) is 14.9. The van der Waals surface area contributed by atoms with Gasteiger partial charge in [-0.05, 0) is 68.0 Å². The zero-order chi connectivity index (χ0) is 21.8. The molecular formula is C23H28BrF2N3O2. The van der Waals surface area contributed by atoms with Crippen molar-refractivity contribution in [1.29, 1.82) is 0 Å². The number of halogens is 3. The summed E-state index contributed by atoms with van der Waals surface area (Å²) >= 11 is 3.24. The highest BCUT2D eigenvalue weighted by atomic mass is 79.9. The molecule has 2 amide bonds. The van der Waals surface area contributed by atoms with Gasteiger partial charge in [-0.15, -0.1) is 0 Å². The van der Waals surface area contributed by atoms with Crippen LogP contribution in [0.5, 0.6) is 0 Å².